The minimum Gasteiger partial charge on any atom is -0.467 e. The highest BCUT2D eigenvalue weighted by Crippen LogP contribution is 2.27. The molecule has 2 amide bonds. The molecule has 1 aromatic carbocycles. The van der Waals surface area contributed by atoms with Crippen LogP contribution in [0.5, 0.6) is 0 Å². The molecule has 1 aromatic heterocycles. The van der Waals surface area contributed by atoms with Gasteiger partial charge in [-0.05, 0) is 24.5 Å². The summed E-state index contributed by atoms with van der Waals surface area (Å²) in [6, 6.07) is 6.82. The Bertz CT molecular complexity index is 768. The van der Waals surface area contributed by atoms with Crippen molar-refractivity contribution in [3.05, 3.63) is 24.3 Å². The molecule has 0 radical (unpaired) electrons. The third-order valence-corrected chi connectivity index (χ3v) is 4.16. The maximum absolute atomic E-state index is 12.7. The third-order valence-electron chi connectivity index (χ3n) is 4.16. The number of carbonyl (C=O) groups excluding carboxylic acids is 2. The molecule has 1 atom stereocenters. The van der Waals surface area contributed by atoms with E-state index in [1.807, 2.05) is 42.7 Å². The molecule has 128 valence electrons. The van der Waals surface area contributed by atoms with Crippen LogP contribution in [0.15, 0.2) is 24.3 Å². The van der Waals surface area contributed by atoms with Crippen molar-refractivity contribution in [1.29, 1.82) is 0 Å². The van der Waals surface area contributed by atoms with E-state index in [1.165, 1.54) is 7.11 Å². The molecule has 2 aromatic rings. The molecular weight excluding hydrogens is 308 g/mol. The van der Waals surface area contributed by atoms with E-state index >= 15 is 0 Å². The Hall–Kier alpha value is -2.57. The van der Waals surface area contributed by atoms with Gasteiger partial charge in [0.1, 0.15) is 6.04 Å². The van der Waals surface area contributed by atoms with Gasteiger partial charge in [0.05, 0.1) is 18.1 Å². The summed E-state index contributed by atoms with van der Waals surface area (Å²) in [4.78, 5) is 30.7. The summed E-state index contributed by atoms with van der Waals surface area (Å²) in [6.07, 6.45) is 0.530. The van der Waals surface area contributed by atoms with Gasteiger partial charge in [0.15, 0.2) is 0 Å². The number of nitrogens with one attached hydrogen (secondary N) is 1. The molecule has 1 N–H and O–H groups in total. The summed E-state index contributed by atoms with van der Waals surface area (Å²) in [5, 5.41) is 2.79. The lowest BCUT2D eigenvalue weighted by molar-refractivity contribution is -0.143. The highest BCUT2D eigenvalue weighted by molar-refractivity contribution is 5.95. The Balaban J connectivity index is 1.80. The Kier molecular flexibility index (Phi) is 4.42. The van der Waals surface area contributed by atoms with E-state index in [1.54, 1.807) is 4.90 Å². The first-order chi connectivity index (χ1) is 11.5. The number of methoxy groups -OCH3 is 1. The highest BCUT2D eigenvalue weighted by atomic mass is 16.5. The van der Waals surface area contributed by atoms with Gasteiger partial charge < -0.3 is 14.6 Å². The van der Waals surface area contributed by atoms with Crippen molar-refractivity contribution >= 4 is 29.0 Å². The van der Waals surface area contributed by atoms with Crippen LogP contribution in [-0.2, 0) is 16.1 Å². The number of hydrogen-bond acceptors (Lipinski definition) is 4. The number of imidazole rings is 1. The number of urea groups is 1. The molecule has 0 saturated heterocycles. The first-order valence-electron chi connectivity index (χ1n) is 8.12. The molecule has 2 heterocycles. The van der Waals surface area contributed by atoms with Crippen molar-refractivity contribution in [1.82, 2.24) is 14.9 Å². The van der Waals surface area contributed by atoms with Gasteiger partial charge in [0.2, 0.25) is 5.95 Å². The Morgan fingerprint density at radius 2 is 2.04 bits per heavy atom. The number of nitrogens with zero attached hydrogens (tertiary/aromatic N) is 3. The third kappa shape index (κ3) is 2.93. The molecule has 1 aliphatic rings. The number of fused-ring (bicyclic) bond motifs is 3. The zero-order chi connectivity index (χ0) is 17.3. The fourth-order valence-electron chi connectivity index (χ4n) is 3.04. The molecular formula is C17H22N4O3. The van der Waals surface area contributed by atoms with E-state index in [0.29, 0.717) is 25.5 Å². The lowest BCUT2D eigenvalue weighted by atomic mass is 10.0. The van der Waals surface area contributed by atoms with Crippen molar-refractivity contribution in [3.8, 4) is 0 Å². The number of amides is 2. The van der Waals surface area contributed by atoms with Gasteiger partial charge >= 0.3 is 12.0 Å². The van der Waals surface area contributed by atoms with Gasteiger partial charge in [-0.3, -0.25) is 4.90 Å². The molecule has 1 unspecified atom stereocenters. The van der Waals surface area contributed by atoms with Crippen LogP contribution < -0.4 is 10.2 Å². The van der Waals surface area contributed by atoms with E-state index in [-0.39, 0.29) is 11.9 Å². The number of anilines is 1. The summed E-state index contributed by atoms with van der Waals surface area (Å²) >= 11 is 0. The molecule has 0 saturated carbocycles. The zero-order valence-electron chi connectivity index (χ0n) is 14.2. The maximum atomic E-state index is 12.7. The fourth-order valence-corrected chi connectivity index (χ4v) is 3.04. The molecule has 3 rings (SSSR count). The number of benzene rings is 1. The number of rotatable bonds is 4. The maximum Gasteiger partial charge on any atom is 0.328 e. The smallest absolute Gasteiger partial charge is 0.328 e. The molecule has 24 heavy (non-hydrogen) atoms. The van der Waals surface area contributed by atoms with Crippen molar-refractivity contribution in [2.24, 2.45) is 5.92 Å². The number of hydrogen-bond donors (Lipinski definition) is 1. The highest BCUT2D eigenvalue weighted by Gasteiger charge is 2.31. The van der Waals surface area contributed by atoms with Crippen LogP contribution in [0, 0.1) is 5.92 Å². The molecule has 0 bridgehead atoms. The molecule has 0 fully saturated rings. The first kappa shape index (κ1) is 16.3. The second-order valence-electron chi connectivity index (χ2n) is 6.36. The Morgan fingerprint density at radius 3 is 2.75 bits per heavy atom. The van der Waals surface area contributed by atoms with Crippen molar-refractivity contribution < 1.29 is 14.3 Å². The molecule has 7 heteroatoms. The van der Waals surface area contributed by atoms with E-state index in [9.17, 15) is 9.59 Å². The van der Waals surface area contributed by atoms with Gasteiger partial charge in [-0.15, -0.1) is 0 Å². The fraction of sp³-hybridized carbons (Fsp3) is 0.471. The van der Waals surface area contributed by atoms with Crippen molar-refractivity contribution in [2.45, 2.75) is 32.9 Å². The minimum absolute atomic E-state index is 0.262. The number of ether oxygens (including phenoxy) is 1. The predicted molar refractivity (Wildman–Crippen MR) is 90.9 cm³/mol. The lowest BCUT2D eigenvalue weighted by Gasteiger charge is -2.21. The van der Waals surface area contributed by atoms with E-state index in [4.69, 9.17) is 4.74 Å². The summed E-state index contributed by atoms with van der Waals surface area (Å²) in [7, 11) is 1.33. The van der Waals surface area contributed by atoms with Crippen LogP contribution in [0.1, 0.15) is 20.3 Å². The van der Waals surface area contributed by atoms with Crippen LogP contribution in [0.3, 0.4) is 0 Å². The number of esters is 1. The van der Waals surface area contributed by atoms with E-state index in [2.05, 4.69) is 10.3 Å². The monoisotopic (exact) mass is 330 g/mol. The second-order valence-corrected chi connectivity index (χ2v) is 6.36. The van der Waals surface area contributed by atoms with Crippen LogP contribution in [0.25, 0.3) is 11.0 Å². The number of carbonyl (C=O) groups is 2. The SMILES string of the molecule is COC(=O)C(CC(C)C)NC(=O)N1CCn2c1nc1ccccc12. The predicted octanol–water partition coefficient (Wildman–Crippen LogP) is 2.15. The van der Waals surface area contributed by atoms with Crippen LogP contribution in [0.2, 0.25) is 0 Å². The van der Waals surface area contributed by atoms with Crippen molar-refractivity contribution in [3.63, 3.8) is 0 Å². The summed E-state index contributed by atoms with van der Waals surface area (Å²) in [6.45, 7) is 5.22. The summed E-state index contributed by atoms with van der Waals surface area (Å²) in [5.74, 6) is 0.448. The van der Waals surface area contributed by atoms with E-state index in [0.717, 1.165) is 11.0 Å². The van der Waals surface area contributed by atoms with Crippen LogP contribution in [-0.4, -0.2) is 41.2 Å². The number of para-hydroxylation sites is 2. The lowest BCUT2D eigenvalue weighted by Crippen LogP contribution is -2.48. The molecule has 0 aliphatic carbocycles. The normalized spacial score (nSPS) is 14.8. The minimum atomic E-state index is -0.652. The Morgan fingerprint density at radius 1 is 1.29 bits per heavy atom. The van der Waals surface area contributed by atoms with E-state index < -0.39 is 12.0 Å². The van der Waals surface area contributed by atoms with Gasteiger partial charge in [-0.1, -0.05) is 26.0 Å². The van der Waals surface area contributed by atoms with Crippen molar-refractivity contribution in [2.75, 3.05) is 18.6 Å². The average Bonchev–Trinajstić information content (AvgIpc) is 3.11. The summed E-state index contributed by atoms with van der Waals surface area (Å²) < 4.78 is 6.82. The Labute approximate surface area is 140 Å². The van der Waals surface area contributed by atoms with Gasteiger partial charge in [-0.2, -0.15) is 0 Å². The molecule has 1 aliphatic heterocycles. The number of aromatic nitrogens is 2. The molecule has 7 nitrogen and oxygen atoms in total. The second kappa shape index (κ2) is 6.51. The molecule has 0 spiro atoms. The first-order valence-corrected chi connectivity index (χ1v) is 8.12. The topological polar surface area (TPSA) is 76.5 Å². The van der Waals surface area contributed by atoms with Gasteiger partial charge in [0, 0.05) is 13.1 Å². The average molecular weight is 330 g/mol. The quantitative estimate of drug-likeness (QED) is 0.872. The largest absolute Gasteiger partial charge is 0.467 e. The standard InChI is InChI=1S/C17H22N4O3/c1-11(2)10-13(15(22)24-3)19-17(23)21-9-8-20-14-7-5-4-6-12(14)18-16(20)21/h4-7,11,13H,8-10H2,1-3H3,(H,19,23). The summed E-state index contributed by atoms with van der Waals surface area (Å²) in [5.41, 5.74) is 1.87. The van der Waals surface area contributed by atoms with Crippen LogP contribution in [0.4, 0.5) is 10.7 Å². The van der Waals surface area contributed by atoms with Crippen LogP contribution >= 0.6 is 0 Å². The zero-order valence-corrected chi connectivity index (χ0v) is 14.2. The van der Waals surface area contributed by atoms with Gasteiger partial charge in [-0.25, -0.2) is 14.6 Å². The van der Waals surface area contributed by atoms with Gasteiger partial charge in [0.25, 0.3) is 0 Å².